The second kappa shape index (κ2) is 5.65. The van der Waals surface area contributed by atoms with Gasteiger partial charge in [0.15, 0.2) is 0 Å². The molecule has 3 saturated carbocycles. The van der Waals surface area contributed by atoms with Crippen molar-refractivity contribution in [2.45, 2.75) is 83.7 Å². The van der Waals surface area contributed by atoms with Crippen molar-refractivity contribution in [3.8, 4) is 0 Å². The average Bonchev–Trinajstić information content (AvgIpc) is 3.06. The Kier molecular flexibility index (Phi) is 4.24. The fraction of sp³-hybridized carbons (Fsp3) is 0.947. The van der Waals surface area contributed by atoms with E-state index >= 15 is 0 Å². The van der Waals surface area contributed by atoms with Crippen LogP contribution in [0.5, 0.6) is 0 Å². The second-order valence-corrected chi connectivity index (χ2v) is 15.2. The van der Waals surface area contributed by atoms with Gasteiger partial charge in [0, 0.05) is 8.07 Å². The van der Waals surface area contributed by atoms with Gasteiger partial charge in [0.2, 0.25) is 0 Å². The van der Waals surface area contributed by atoms with E-state index in [1.807, 2.05) is 0 Å². The fourth-order valence-electron chi connectivity index (χ4n) is 5.80. The molecule has 0 spiro atoms. The Morgan fingerprint density at radius 1 is 1.09 bits per heavy atom. The number of rotatable bonds is 4. The minimum atomic E-state index is -1.22. The Labute approximate surface area is 137 Å². The molecule has 0 amide bonds. The Hall–Kier alpha value is -0.313. The summed E-state index contributed by atoms with van der Waals surface area (Å²) in [6, 6.07) is 1.15. The van der Waals surface area contributed by atoms with Gasteiger partial charge in [-0.25, -0.2) is 0 Å². The van der Waals surface area contributed by atoms with Crippen molar-refractivity contribution in [1.29, 1.82) is 0 Å². The van der Waals surface area contributed by atoms with E-state index in [1.165, 1.54) is 19.3 Å². The number of ether oxygens (including phenoxy) is 1. The van der Waals surface area contributed by atoms with Crippen LogP contribution in [0.1, 0.15) is 52.4 Å². The van der Waals surface area contributed by atoms with Gasteiger partial charge in [-0.05, 0) is 68.2 Å². The van der Waals surface area contributed by atoms with Gasteiger partial charge in [0.25, 0.3) is 0 Å². The molecule has 2 nitrogen and oxygen atoms in total. The molecule has 0 radical (unpaired) electrons. The number of carbonyl (C=O) groups is 1. The topological polar surface area (TPSA) is 26.3 Å². The molecular formula is C19H34O2Si. The molecule has 3 rings (SSSR count). The summed E-state index contributed by atoms with van der Waals surface area (Å²) >= 11 is 0. The molecule has 3 fully saturated rings. The quantitative estimate of drug-likeness (QED) is 0.531. The molecule has 0 heterocycles. The molecule has 3 aliphatic carbocycles. The Morgan fingerprint density at radius 3 is 2.23 bits per heavy atom. The van der Waals surface area contributed by atoms with Crippen LogP contribution in [0.2, 0.25) is 25.7 Å². The second-order valence-electron chi connectivity index (χ2n) is 9.77. The minimum absolute atomic E-state index is 0.0990. The predicted molar refractivity (Wildman–Crippen MR) is 93.5 cm³/mol. The molecule has 126 valence electrons. The summed E-state index contributed by atoms with van der Waals surface area (Å²) in [5, 5.41) is 0. The molecule has 22 heavy (non-hydrogen) atoms. The summed E-state index contributed by atoms with van der Waals surface area (Å²) in [6.45, 7) is 11.9. The van der Waals surface area contributed by atoms with Gasteiger partial charge in [0.1, 0.15) is 5.60 Å². The van der Waals surface area contributed by atoms with E-state index in [9.17, 15) is 4.79 Å². The monoisotopic (exact) mass is 322 g/mol. The summed E-state index contributed by atoms with van der Waals surface area (Å²) in [5.74, 6) is 3.23. The van der Waals surface area contributed by atoms with Crippen molar-refractivity contribution in [2.75, 3.05) is 0 Å². The maximum Gasteiger partial charge on any atom is 0.309 e. The molecule has 5 unspecified atom stereocenters. The summed E-state index contributed by atoms with van der Waals surface area (Å²) in [6.07, 6.45) is 7.05. The smallest absolute Gasteiger partial charge is 0.309 e. The van der Waals surface area contributed by atoms with Crippen LogP contribution >= 0.6 is 0 Å². The average molecular weight is 323 g/mol. The van der Waals surface area contributed by atoms with Crippen LogP contribution in [-0.2, 0) is 9.53 Å². The van der Waals surface area contributed by atoms with Gasteiger partial charge in [-0.1, -0.05) is 33.5 Å². The van der Waals surface area contributed by atoms with Crippen molar-refractivity contribution in [3.63, 3.8) is 0 Å². The standard InChI is InChI=1S/C19H34O2Si/c1-13-14(2)16-10-15(13)11-17(16)18(20)21-19(8-6-7-9-19)12-22(3,4)5/h13-17H,6-12H2,1-5H3. The number of fused-ring (bicyclic) bond motifs is 2. The lowest BCUT2D eigenvalue weighted by Gasteiger charge is -2.37. The van der Waals surface area contributed by atoms with Gasteiger partial charge in [-0.2, -0.15) is 0 Å². The van der Waals surface area contributed by atoms with Crippen molar-refractivity contribution in [2.24, 2.45) is 29.6 Å². The van der Waals surface area contributed by atoms with Crippen LogP contribution in [-0.4, -0.2) is 19.6 Å². The molecule has 3 aliphatic rings. The highest BCUT2D eigenvalue weighted by molar-refractivity contribution is 6.76. The maximum absolute atomic E-state index is 12.9. The van der Waals surface area contributed by atoms with E-state index in [1.54, 1.807) is 0 Å². The molecule has 0 aliphatic heterocycles. The number of carbonyl (C=O) groups excluding carboxylic acids is 1. The van der Waals surface area contributed by atoms with Crippen LogP contribution in [0.3, 0.4) is 0 Å². The summed E-state index contributed by atoms with van der Waals surface area (Å²) in [7, 11) is -1.22. The Morgan fingerprint density at radius 2 is 1.73 bits per heavy atom. The third-order valence-electron chi connectivity index (χ3n) is 6.88. The molecule has 0 aromatic heterocycles. The van der Waals surface area contributed by atoms with Crippen LogP contribution in [0.4, 0.5) is 0 Å². The van der Waals surface area contributed by atoms with Crippen molar-refractivity contribution in [3.05, 3.63) is 0 Å². The van der Waals surface area contributed by atoms with E-state index in [0.29, 0.717) is 11.8 Å². The third-order valence-corrected chi connectivity index (χ3v) is 8.59. The lowest BCUT2D eigenvalue weighted by Crippen LogP contribution is -2.42. The van der Waals surface area contributed by atoms with E-state index in [2.05, 4.69) is 33.5 Å². The highest BCUT2D eigenvalue weighted by Gasteiger charge is 2.53. The van der Waals surface area contributed by atoms with Gasteiger partial charge in [-0.3, -0.25) is 4.79 Å². The molecular weight excluding hydrogens is 288 g/mol. The normalized spacial score (nSPS) is 40.1. The van der Waals surface area contributed by atoms with Gasteiger partial charge in [-0.15, -0.1) is 0 Å². The van der Waals surface area contributed by atoms with E-state index in [0.717, 1.165) is 37.1 Å². The zero-order valence-corrected chi connectivity index (χ0v) is 16.2. The van der Waals surface area contributed by atoms with Crippen LogP contribution in [0, 0.1) is 29.6 Å². The third kappa shape index (κ3) is 3.02. The Balaban J connectivity index is 1.68. The number of hydrogen-bond donors (Lipinski definition) is 0. The van der Waals surface area contributed by atoms with Gasteiger partial charge in [0.05, 0.1) is 5.92 Å². The molecule has 0 aromatic carbocycles. The predicted octanol–water partition coefficient (Wildman–Crippen LogP) is 5.11. The SMILES string of the molecule is CC1C2CC(C(=O)OC3(C[Si](C)(C)C)CCCC3)C(C2)C1C. The van der Waals surface area contributed by atoms with Crippen LogP contribution in [0.15, 0.2) is 0 Å². The fourth-order valence-corrected chi connectivity index (χ4v) is 8.16. The van der Waals surface area contributed by atoms with E-state index < -0.39 is 8.07 Å². The minimum Gasteiger partial charge on any atom is -0.459 e. The zero-order chi connectivity index (χ0) is 16.1. The first-order valence-corrected chi connectivity index (χ1v) is 13.1. The van der Waals surface area contributed by atoms with Crippen molar-refractivity contribution < 1.29 is 9.53 Å². The van der Waals surface area contributed by atoms with Crippen LogP contribution < -0.4 is 0 Å². The molecule has 3 heteroatoms. The number of esters is 1. The molecule has 0 N–H and O–H groups in total. The first-order chi connectivity index (χ1) is 10.2. The number of hydrogen-bond acceptors (Lipinski definition) is 2. The lowest BCUT2D eigenvalue weighted by atomic mass is 9.76. The first kappa shape index (κ1) is 16.5. The van der Waals surface area contributed by atoms with Crippen molar-refractivity contribution >= 4 is 14.0 Å². The van der Waals surface area contributed by atoms with Crippen molar-refractivity contribution in [1.82, 2.24) is 0 Å². The largest absolute Gasteiger partial charge is 0.459 e. The molecule has 5 atom stereocenters. The zero-order valence-electron chi connectivity index (χ0n) is 15.2. The van der Waals surface area contributed by atoms with E-state index in [-0.39, 0.29) is 17.5 Å². The summed E-state index contributed by atoms with van der Waals surface area (Å²) in [5.41, 5.74) is -0.0990. The first-order valence-electron chi connectivity index (χ1n) is 9.44. The molecule has 2 bridgehead atoms. The Bertz CT molecular complexity index is 431. The van der Waals surface area contributed by atoms with Gasteiger partial charge < -0.3 is 4.74 Å². The van der Waals surface area contributed by atoms with Crippen LogP contribution in [0.25, 0.3) is 0 Å². The maximum atomic E-state index is 12.9. The highest BCUT2D eigenvalue weighted by atomic mass is 28.3. The summed E-state index contributed by atoms with van der Waals surface area (Å²) < 4.78 is 6.29. The lowest BCUT2D eigenvalue weighted by molar-refractivity contribution is -0.165. The van der Waals surface area contributed by atoms with Gasteiger partial charge >= 0.3 is 5.97 Å². The van der Waals surface area contributed by atoms with E-state index in [4.69, 9.17) is 4.74 Å². The molecule has 0 aromatic rings. The summed E-state index contributed by atoms with van der Waals surface area (Å²) in [4.78, 5) is 12.9. The highest BCUT2D eigenvalue weighted by Crippen LogP contribution is 2.55. The molecule has 0 saturated heterocycles.